The molecule has 1 N–H and O–H groups in total. The molecule has 6 heteroatoms. The molecule has 0 atom stereocenters. The third-order valence-electron chi connectivity index (χ3n) is 4.26. The van der Waals surface area contributed by atoms with Gasteiger partial charge in [0.2, 0.25) is 0 Å². The van der Waals surface area contributed by atoms with Crippen molar-refractivity contribution in [1.29, 1.82) is 0 Å². The summed E-state index contributed by atoms with van der Waals surface area (Å²) in [6.45, 7) is 2.63. The molecule has 0 fully saturated rings. The average molecular weight is 363 g/mol. The predicted molar refractivity (Wildman–Crippen MR) is 96.8 cm³/mol. The van der Waals surface area contributed by atoms with Crippen LogP contribution >= 0.6 is 0 Å². The van der Waals surface area contributed by atoms with E-state index in [4.69, 9.17) is 5.11 Å². The van der Waals surface area contributed by atoms with Crippen LogP contribution in [0.15, 0.2) is 0 Å². The Labute approximate surface area is 153 Å². The Hall–Kier alpha value is -0.850. The van der Waals surface area contributed by atoms with Crippen molar-refractivity contribution in [2.24, 2.45) is 0 Å². The highest BCUT2D eigenvalue weighted by Gasteiger charge is 1.98. The molecule has 0 aromatic heterocycles. The van der Waals surface area contributed by atoms with Gasteiger partial charge in [0.1, 0.15) is 0 Å². The van der Waals surface area contributed by atoms with Crippen molar-refractivity contribution >= 4 is 6.16 Å². The molecule has 0 saturated heterocycles. The Morgan fingerprint density at radius 2 is 1.04 bits per heavy atom. The van der Waals surface area contributed by atoms with Crippen LogP contribution in [0.25, 0.3) is 0 Å². The standard InChI is InChI=1S/C19H38O6/c1-2-3-4-5-6-7-8-9-10-11-12-13-14-15-16-17-18-22-24-25-23-19(20)21/h2-18H2,1H3,(H,20,21). The maximum absolute atomic E-state index is 9.91. The highest BCUT2D eigenvalue weighted by atomic mass is 17.7. The van der Waals surface area contributed by atoms with Gasteiger partial charge < -0.3 is 5.11 Å². The lowest BCUT2D eigenvalue weighted by atomic mass is 10.0. The zero-order valence-electron chi connectivity index (χ0n) is 16.0. The van der Waals surface area contributed by atoms with E-state index in [1.807, 2.05) is 0 Å². The molecule has 150 valence electrons. The van der Waals surface area contributed by atoms with Gasteiger partial charge in [-0.2, -0.15) is 0 Å². The van der Waals surface area contributed by atoms with Crippen LogP contribution in [-0.4, -0.2) is 17.9 Å². The van der Waals surface area contributed by atoms with Gasteiger partial charge in [-0.3, -0.25) is 0 Å². The molecule has 25 heavy (non-hydrogen) atoms. The van der Waals surface area contributed by atoms with Gasteiger partial charge in [0.25, 0.3) is 0 Å². The van der Waals surface area contributed by atoms with E-state index in [9.17, 15) is 4.79 Å². The topological polar surface area (TPSA) is 74.2 Å². The van der Waals surface area contributed by atoms with Crippen LogP contribution in [0.5, 0.6) is 0 Å². The molecule has 0 bridgehead atoms. The van der Waals surface area contributed by atoms with E-state index >= 15 is 0 Å². The zero-order chi connectivity index (χ0) is 18.4. The molecule has 0 unspecified atom stereocenters. The van der Waals surface area contributed by atoms with E-state index in [0.717, 1.165) is 12.8 Å². The van der Waals surface area contributed by atoms with Crippen molar-refractivity contribution in [3.63, 3.8) is 0 Å². The number of rotatable bonds is 20. The molecule has 0 aliphatic heterocycles. The minimum atomic E-state index is -1.58. The summed E-state index contributed by atoms with van der Waals surface area (Å²) in [5.41, 5.74) is 0. The second kappa shape index (κ2) is 21.2. The number of carbonyl (C=O) groups is 1. The van der Waals surface area contributed by atoms with E-state index in [-0.39, 0.29) is 0 Å². The lowest BCUT2D eigenvalue weighted by Crippen LogP contribution is -2.04. The molecule has 0 aromatic rings. The Morgan fingerprint density at radius 1 is 0.640 bits per heavy atom. The number of hydrogen-bond acceptors (Lipinski definition) is 5. The highest BCUT2D eigenvalue weighted by Crippen LogP contribution is 2.13. The van der Waals surface area contributed by atoms with E-state index in [2.05, 4.69) is 26.8 Å². The van der Waals surface area contributed by atoms with Gasteiger partial charge in [-0.05, 0) is 11.5 Å². The molecule has 6 nitrogen and oxygen atoms in total. The predicted octanol–water partition coefficient (Wildman–Crippen LogP) is 6.74. The van der Waals surface area contributed by atoms with Gasteiger partial charge in [-0.15, -0.1) is 0 Å². The molecule has 0 aromatic carbocycles. The smallest absolute Gasteiger partial charge is 0.448 e. The maximum atomic E-state index is 9.91. The third kappa shape index (κ3) is 23.1. The molecular formula is C19H38O6. The Morgan fingerprint density at radius 3 is 1.44 bits per heavy atom. The molecule has 0 spiro atoms. The summed E-state index contributed by atoms with van der Waals surface area (Å²) in [5.74, 6) is 0. The fourth-order valence-electron chi connectivity index (χ4n) is 2.81. The Balaban J connectivity index is 2.97. The molecule has 0 aliphatic carbocycles. The Bertz CT molecular complexity index is 273. The SMILES string of the molecule is CCCCCCCCCCCCCCCCCCOOOOC(=O)O. The van der Waals surface area contributed by atoms with Gasteiger partial charge in [0, 0.05) is 5.04 Å². The quantitative estimate of drug-likeness (QED) is 0.147. The van der Waals surface area contributed by atoms with E-state index in [0.29, 0.717) is 6.61 Å². The van der Waals surface area contributed by atoms with Crippen LogP contribution in [0, 0.1) is 0 Å². The van der Waals surface area contributed by atoms with Crippen molar-refractivity contribution in [1.82, 2.24) is 0 Å². The summed E-state index contributed by atoms with van der Waals surface area (Å²) in [5, 5.41) is 16.0. The van der Waals surface area contributed by atoms with Gasteiger partial charge in [0.05, 0.1) is 6.61 Å². The number of carboxylic acid groups (broad SMARTS) is 1. The fraction of sp³-hybridized carbons (Fsp3) is 0.947. The van der Waals surface area contributed by atoms with Crippen LogP contribution in [0.2, 0.25) is 0 Å². The molecule has 0 saturated carbocycles. The summed E-state index contributed by atoms with van der Waals surface area (Å²) in [6, 6.07) is 0. The van der Waals surface area contributed by atoms with Gasteiger partial charge >= 0.3 is 6.16 Å². The first-order valence-corrected chi connectivity index (χ1v) is 10.1. The minimum absolute atomic E-state index is 0.363. The highest BCUT2D eigenvalue weighted by molar-refractivity contribution is 5.55. The molecule has 0 radical (unpaired) electrons. The van der Waals surface area contributed by atoms with Crippen molar-refractivity contribution in [2.45, 2.75) is 110 Å². The van der Waals surface area contributed by atoms with E-state index < -0.39 is 6.16 Å². The minimum Gasteiger partial charge on any atom is -0.448 e. The summed E-state index contributed by atoms with van der Waals surface area (Å²) in [4.78, 5) is 18.1. The second-order valence-corrected chi connectivity index (χ2v) is 6.61. The monoisotopic (exact) mass is 362 g/mol. The molecule has 0 aliphatic rings. The fourth-order valence-corrected chi connectivity index (χ4v) is 2.81. The molecular weight excluding hydrogens is 324 g/mol. The van der Waals surface area contributed by atoms with Crippen LogP contribution in [0.1, 0.15) is 110 Å². The largest absolute Gasteiger partial charge is 0.540 e. The lowest BCUT2D eigenvalue weighted by Gasteiger charge is -2.03. The van der Waals surface area contributed by atoms with Crippen molar-refractivity contribution in [2.75, 3.05) is 6.61 Å². The van der Waals surface area contributed by atoms with Crippen LogP contribution in [0.3, 0.4) is 0 Å². The van der Waals surface area contributed by atoms with Gasteiger partial charge in [0.15, 0.2) is 0 Å². The van der Waals surface area contributed by atoms with Gasteiger partial charge in [-0.25, -0.2) is 14.6 Å². The normalized spacial score (nSPS) is 10.9. The number of hydrogen-bond donors (Lipinski definition) is 1. The zero-order valence-corrected chi connectivity index (χ0v) is 16.0. The number of unbranched alkanes of at least 4 members (excludes halogenated alkanes) is 15. The van der Waals surface area contributed by atoms with Crippen molar-refractivity contribution < 1.29 is 29.8 Å². The lowest BCUT2D eigenvalue weighted by molar-refractivity contribution is -0.618. The summed E-state index contributed by atoms with van der Waals surface area (Å²) >= 11 is 0. The third-order valence-corrected chi connectivity index (χ3v) is 4.26. The first-order valence-electron chi connectivity index (χ1n) is 10.1. The summed E-state index contributed by atoms with van der Waals surface area (Å²) < 4.78 is 0. The second-order valence-electron chi connectivity index (χ2n) is 6.61. The molecule has 0 rings (SSSR count). The van der Waals surface area contributed by atoms with Crippen LogP contribution in [-0.2, 0) is 19.9 Å². The van der Waals surface area contributed by atoms with Crippen LogP contribution in [0.4, 0.5) is 4.79 Å². The van der Waals surface area contributed by atoms with Gasteiger partial charge in [-0.1, -0.05) is 103 Å². The summed E-state index contributed by atoms with van der Waals surface area (Å²) in [6.07, 6.45) is 19.4. The first-order chi connectivity index (χ1) is 12.3. The molecule has 0 heterocycles. The van der Waals surface area contributed by atoms with E-state index in [1.165, 1.54) is 89.9 Å². The molecule has 0 amide bonds. The summed E-state index contributed by atoms with van der Waals surface area (Å²) in [7, 11) is 0. The maximum Gasteiger partial charge on any atom is 0.540 e. The average Bonchev–Trinajstić information content (AvgIpc) is 2.60. The van der Waals surface area contributed by atoms with Crippen molar-refractivity contribution in [3.8, 4) is 0 Å². The Kier molecular flexibility index (Phi) is 20.5. The van der Waals surface area contributed by atoms with Crippen molar-refractivity contribution in [3.05, 3.63) is 0 Å². The van der Waals surface area contributed by atoms with E-state index in [1.54, 1.807) is 0 Å². The van der Waals surface area contributed by atoms with Crippen LogP contribution < -0.4 is 0 Å². The first kappa shape index (κ1) is 24.1.